The summed E-state index contributed by atoms with van der Waals surface area (Å²) in [6.45, 7) is 4.91. The van der Waals surface area contributed by atoms with E-state index >= 15 is 0 Å². The number of nitriles is 1. The quantitative estimate of drug-likeness (QED) is 0.828. The molecule has 3 rings (SSSR count). The van der Waals surface area contributed by atoms with Crippen LogP contribution in [0.25, 0.3) is 0 Å². The van der Waals surface area contributed by atoms with Crippen molar-refractivity contribution in [2.45, 2.75) is 38.4 Å². The number of carbonyl (C=O) groups excluding carboxylic acids is 1. The number of hydrogen-bond acceptors (Lipinski definition) is 4. The van der Waals surface area contributed by atoms with E-state index in [0.29, 0.717) is 17.3 Å². The Morgan fingerprint density at radius 3 is 2.52 bits per heavy atom. The van der Waals surface area contributed by atoms with E-state index in [-0.39, 0.29) is 11.9 Å². The monoisotopic (exact) mass is 362 g/mol. The lowest BCUT2D eigenvalue weighted by Crippen LogP contribution is -2.48. The molecule has 140 valence electrons. The lowest BCUT2D eigenvalue weighted by Gasteiger charge is -2.33. The lowest BCUT2D eigenvalue weighted by molar-refractivity contribution is -0.118. The number of carbonyl (C=O) groups is 1. The van der Waals surface area contributed by atoms with E-state index < -0.39 is 0 Å². The van der Waals surface area contributed by atoms with Crippen LogP contribution in [0.3, 0.4) is 0 Å². The molecule has 5 nitrogen and oxygen atoms in total. The van der Waals surface area contributed by atoms with E-state index in [1.165, 1.54) is 5.56 Å². The average Bonchev–Trinajstić information content (AvgIpc) is 2.70. The molecule has 27 heavy (non-hydrogen) atoms. The van der Waals surface area contributed by atoms with Crippen molar-refractivity contribution in [1.82, 2.24) is 10.2 Å². The van der Waals surface area contributed by atoms with Crippen LogP contribution in [-0.2, 0) is 11.3 Å². The Balaban J connectivity index is 1.45. The van der Waals surface area contributed by atoms with Gasteiger partial charge in [-0.1, -0.05) is 42.5 Å². The number of hydrogen-bond donors (Lipinski definition) is 2. The van der Waals surface area contributed by atoms with Crippen LogP contribution >= 0.6 is 0 Å². The third-order valence-electron chi connectivity index (χ3n) is 5.02. The van der Waals surface area contributed by atoms with Gasteiger partial charge in [-0.05, 0) is 50.6 Å². The van der Waals surface area contributed by atoms with Crippen LogP contribution in [0.2, 0.25) is 0 Å². The van der Waals surface area contributed by atoms with Gasteiger partial charge in [0.1, 0.15) is 6.07 Å². The molecule has 1 atom stereocenters. The van der Waals surface area contributed by atoms with Crippen molar-refractivity contribution in [3.8, 4) is 6.07 Å². The maximum atomic E-state index is 12.5. The van der Waals surface area contributed by atoms with E-state index in [0.717, 1.165) is 32.5 Å². The Kier molecular flexibility index (Phi) is 6.59. The van der Waals surface area contributed by atoms with Gasteiger partial charge < -0.3 is 10.6 Å². The Morgan fingerprint density at radius 2 is 1.81 bits per heavy atom. The molecule has 0 saturated carbocycles. The number of piperidine rings is 1. The largest absolute Gasteiger partial charge is 0.324 e. The van der Waals surface area contributed by atoms with Crippen LogP contribution in [0, 0.1) is 11.3 Å². The molecule has 2 aromatic carbocycles. The average molecular weight is 362 g/mol. The number of nitrogens with zero attached hydrogens (tertiary/aromatic N) is 2. The zero-order valence-electron chi connectivity index (χ0n) is 15.7. The van der Waals surface area contributed by atoms with Crippen molar-refractivity contribution < 1.29 is 4.79 Å². The summed E-state index contributed by atoms with van der Waals surface area (Å²) >= 11 is 0. The number of likely N-dealkylation sites (tertiary alicyclic amines) is 1. The predicted octanol–water partition coefficient (Wildman–Crippen LogP) is 3.14. The Morgan fingerprint density at radius 1 is 1.15 bits per heavy atom. The summed E-state index contributed by atoms with van der Waals surface area (Å²) in [7, 11) is 0. The maximum Gasteiger partial charge on any atom is 0.241 e. The van der Waals surface area contributed by atoms with E-state index in [1.807, 2.05) is 19.1 Å². The molecular weight excluding hydrogens is 336 g/mol. The van der Waals surface area contributed by atoms with Crippen LogP contribution in [0.1, 0.15) is 30.9 Å². The van der Waals surface area contributed by atoms with E-state index in [9.17, 15) is 4.79 Å². The molecule has 2 N–H and O–H groups in total. The molecule has 1 saturated heterocycles. The summed E-state index contributed by atoms with van der Waals surface area (Å²) in [5.41, 5.74) is 2.39. The number of rotatable bonds is 6. The van der Waals surface area contributed by atoms with Crippen LogP contribution < -0.4 is 10.6 Å². The second-order valence-electron chi connectivity index (χ2n) is 7.07. The molecule has 2 aromatic rings. The summed E-state index contributed by atoms with van der Waals surface area (Å²) in [6.07, 6.45) is 2.05. The van der Waals surface area contributed by atoms with Crippen molar-refractivity contribution in [2.24, 2.45) is 0 Å². The fraction of sp³-hybridized carbons (Fsp3) is 0.364. The van der Waals surface area contributed by atoms with Gasteiger partial charge in [0, 0.05) is 12.6 Å². The van der Waals surface area contributed by atoms with E-state index in [2.05, 4.69) is 45.9 Å². The Hall–Kier alpha value is -2.68. The van der Waals surface area contributed by atoms with Gasteiger partial charge in [-0.2, -0.15) is 5.26 Å². The van der Waals surface area contributed by atoms with Gasteiger partial charge in [-0.15, -0.1) is 0 Å². The van der Waals surface area contributed by atoms with E-state index in [4.69, 9.17) is 5.26 Å². The highest BCUT2D eigenvalue weighted by Crippen LogP contribution is 2.16. The molecule has 0 aromatic heterocycles. The zero-order valence-corrected chi connectivity index (χ0v) is 15.7. The highest BCUT2D eigenvalue weighted by Gasteiger charge is 2.23. The normalized spacial score (nSPS) is 16.4. The summed E-state index contributed by atoms with van der Waals surface area (Å²) in [6, 6.07) is 19.7. The summed E-state index contributed by atoms with van der Waals surface area (Å²) in [5, 5.41) is 15.4. The minimum Gasteiger partial charge on any atom is -0.324 e. The molecule has 1 aliphatic rings. The number of anilines is 1. The number of nitrogens with one attached hydrogen (secondary N) is 2. The molecule has 5 heteroatoms. The predicted molar refractivity (Wildman–Crippen MR) is 107 cm³/mol. The van der Waals surface area contributed by atoms with Crippen LogP contribution in [0.4, 0.5) is 5.69 Å². The van der Waals surface area contributed by atoms with Crippen molar-refractivity contribution in [2.75, 3.05) is 18.4 Å². The van der Waals surface area contributed by atoms with Gasteiger partial charge in [-0.3, -0.25) is 9.69 Å². The Bertz CT molecular complexity index is 791. The molecule has 0 aliphatic carbocycles. The van der Waals surface area contributed by atoms with Gasteiger partial charge in [-0.25, -0.2) is 0 Å². The minimum atomic E-state index is -0.303. The van der Waals surface area contributed by atoms with Crippen LogP contribution in [-0.4, -0.2) is 36.0 Å². The highest BCUT2D eigenvalue weighted by molar-refractivity contribution is 5.95. The lowest BCUT2D eigenvalue weighted by atomic mass is 10.0. The van der Waals surface area contributed by atoms with Gasteiger partial charge in [0.2, 0.25) is 5.91 Å². The van der Waals surface area contributed by atoms with Crippen LogP contribution in [0.15, 0.2) is 54.6 Å². The number of benzene rings is 2. The highest BCUT2D eigenvalue weighted by atomic mass is 16.2. The van der Waals surface area contributed by atoms with Gasteiger partial charge in [0.15, 0.2) is 0 Å². The number of para-hydroxylation sites is 1. The first-order valence-corrected chi connectivity index (χ1v) is 9.48. The molecule has 1 fully saturated rings. The molecule has 0 bridgehead atoms. The third kappa shape index (κ3) is 5.40. The first-order chi connectivity index (χ1) is 13.2. The van der Waals surface area contributed by atoms with Gasteiger partial charge >= 0.3 is 0 Å². The fourth-order valence-electron chi connectivity index (χ4n) is 3.46. The molecular formula is C22H26N4O. The van der Waals surface area contributed by atoms with Crippen molar-refractivity contribution in [3.05, 3.63) is 65.7 Å². The molecule has 0 radical (unpaired) electrons. The first-order valence-electron chi connectivity index (χ1n) is 9.48. The van der Waals surface area contributed by atoms with E-state index in [1.54, 1.807) is 18.2 Å². The van der Waals surface area contributed by atoms with Gasteiger partial charge in [0.25, 0.3) is 0 Å². The van der Waals surface area contributed by atoms with Crippen molar-refractivity contribution in [3.63, 3.8) is 0 Å². The summed E-state index contributed by atoms with van der Waals surface area (Å²) < 4.78 is 0. The van der Waals surface area contributed by atoms with Crippen molar-refractivity contribution in [1.29, 1.82) is 5.26 Å². The topological polar surface area (TPSA) is 68.2 Å². The maximum absolute atomic E-state index is 12.5. The standard InChI is InChI=1S/C22H26N4O/c1-17(22(27)25-21-10-6-5-9-19(21)15-23)24-20-11-13-26(14-12-20)16-18-7-3-2-4-8-18/h2-10,17,20,24H,11-14,16H2,1H3,(H,25,27). The smallest absolute Gasteiger partial charge is 0.241 e. The fourth-order valence-corrected chi connectivity index (χ4v) is 3.46. The summed E-state index contributed by atoms with van der Waals surface area (Å²) in [5.74, 6) is -0.107. The SMILES string of the molecule is CC(NC1CCN(Cc2ccccc2)CC1)C(=O)Nc1ccccc1C#N. The molecule has 1 aliphatic heterocycles. The second kappa shape index (κ2) is 9.31. The zero-order chi connectivity index (χ0) is 19.1. The minimum absolute atomic E-state index is 0.107. The molecule has 0 spiro atoms. The third-order valence-corrected chi connectivity index (χ3v) is 5.02. The van der Waals surface area contributed by atoms with Crippen LogP contribution in [0.5, 0.6) is 0 Å². The molecule has 1 heterocycles. The molecule has 1 amide bonds. The Labute approximate surface area is 161 Å². The summed E-state index contributed by atoms with van der Waals surface area (Å²) in [4.78, 5) is 14.9. The van der Waals surface area contributed by atoms with Crippen molar-refractivity contribution >= 4 is 11.6 Å². The molecule has 1 unspecified atom stereocenters. The second-order valence-corrected chi connectivity index (χ2v) is 7.07. The number of amides is 1. The first kappa shape index (κ1) is 19.1. The van der Waals surface area contributed by atoms with Gasteiger partial charge in [0.05, 0.1) is 17.3 Å².